The lowest BCUT2D eigenvalue weighted by Crippen LogP contribution is -2.17. The van der Waals surface area contributed by atoms with Crippen molar-refractivity contribution in [2.75, 3.05) is 0 Å². The SMILES string of the molecule is Cc1cc(OCc2c(-c3ccccc3OC(F)(F)F)noc2C2CC2)ccc1-c1ccc2c(C(=O)O)c(C)n(C)c2c1. The zero-order chi connectivity index (χ0) is 29.8. The highest BCUT2D eigenvalue weighted by Gasteiger charge is 2.36. The molecule has 6 rings (SSSR count). The molecule has 0 amide bonds. The number of halogens is 3. The van der Waals surface area contributed by atoms with Crippen molar-refractivity contribution >= 4 is 16.9 Å². The lowest BCUT2D eigenvalue weighted by atomic mass is 9.98. The summed E-state index contributed by atoms with van der Waals surface area (Å²) in [5.41, 5.74) is 5.66. The molecule has 10 heteroatoms. The Balaban J connectivity index is 1.29. The van der Waals surface area contributed by atoms with Crippen molar-refractivity contribution in [3.8, 4) is 33.9 Å². The standard InChI is InChI=1S/C32H27F3N2O5/c1-17-14-21(11-13-22(17)20-10-12-23-26(15-20)37(3)18(2)28(23)31(38)39)40-16-25-29(36-42-30(25)19-8-9-19)24-6-4-5-7-27(24)41-32(33,34)35/h4-7,10-15,19H,8-9,16H2,1-3H3,(H,38,39). The monoisotopic (exact) mass is 576 g/mol. The number of alkyl halides is 3. The number of hydrogen-bond donors (Lipinski definition) is 1. The first-order chi connectivity index (χ1) is 20.0. The third-order valence-electron chi connectivity index (χ3n) is 7.73. The molecule has 5 aromatic rings. The van der Waals surface area contributed by atoms with Gasteiger partial charge in [-0.15, -0.1) is 13.2 Å². The number of fused-ring (bicyclic) bond motifs is 1. The molecule has 1 aliphatic carbocycles. The number of benzene rings is 3. The van der Waals surface area contributed by atoms with Gasteiger partial charge in [-0.2, -0.15) is 0 Å². The van der Waals surface area contributed by atoms with E-state index in [4.69, 9.17) is 9.26 Å². The number of aromatic nitrogens is 2. The second-order valence-electron chi connectivity index (χ2n) is 10.5. The summed E-state index contributed by atoms with van der Waals surface area (Å²) < 4.78 is 57.1. The number of nitrogens with zero attached hydrogens (tertiary/aromatic N) is 2. The van der Waals surface area contributed by atoms with Gasteiger partial charge in [-0.25, -0.2) is 4.79 Å². The minimum Gasteiger partial charge on any atom is -0.489 e. The fourth-order valence-electron chi connectivity index (χ4n) is 5.42. The van der Waals surface area contributed by atoms with Gasteiger partial charge in [0, 0.05) is 35.1 Å². The van der Waals surface area contributed by atoms with Gasteiger partial charge in [0.05, 0.1) is 11.1 Å². The van der Waals surface area contributed by atoms with E-state index in [2.05, 4.69) is 9.89 Å². The molecule has 7 nitrogen and oxygen atoms in total. The lowest BCUT2D eigenvalue weighted by molar-refractivity contribution is -0.274. The van der Waals surface area contributed by atoms with E-state index in [1.165, 1.54) is 18.2 Å². The van der Waals surface area contributed by atoms with E-state index in [0.717, 1.165) is 35.0 Å². The van der Waals surface area contributed by atoms with Gasteiger partial charge in [0.2, 0.25) is 0 Å². The summed E-state index contributed by atoms with van der Waals surface area (Å²) in [4.78, 5) is 11.8. The van der Waals surface area contributed by atoms with E-state index in [9.17, 15) is 23.1 Å². The van der Waals surface area contributed by atoms with Gasteiger partial charge in [0.25, 0.3) is 0 Å². The summed E-state index contributed by atoms with van der Waals surface area (Å²) in [6.45, 7) is 3.80. The summed E-state index contributed by atoms with van der Waals surface area (Å²) in [5, 5.41) is 14.5. The molecule has 42 heavy (non-hydrogen) atoms. The van der Waals surface area contributed by atoms with Crippen LogP contribution < -0.4 is 9.47 Å². The van der Waals surface area contributed by atoms with Crippen LogP contribution in [0.4, 0.5) is 13.2 Å². The Morgan fingerprint density at radius 2 is 1.83 bits per heavy atom. The molecular formula is C32H27F3N2O5. The number of aryl methyl sites for hydroxylation is 2. The third kappa shape index (κ3) is 5.08. The predicted molar refractivity (Wildman–Crippen MR) is 150 cm³/mol. The smallest absolute Gasteiger partial charge is 0.489 e. The molecule has 0 atom stereocenters. The van der Waals surface area contributed by atoms with Gasteiger partial charge < -0.3 is 23.7 Å². The number of carboxylic acids is 1. The van der Waals surface area contributed by atoms with Gasteiger partial charge in [-0.1, -0.05) is 35.5 Å². The Hall–Kier alpha value is -4.73. The fourth-order valence-corrected chi connectivity index (χ4v) is 5.42. The zero-order valence-corrected chi connectivity index (χ0v) is 23.1. The Bertz CT molecular complexity index is 1830. The second-order valence-corrected chi connectivity index (χ2v) is 10.5. The van der Waals surface area contributed by atoms with Crippen molar-refractivity contribution in [3.05, 3.63) is 88.8 Å². The van der Waals surface area contributed by atoms with Crippen LogP contribution in [0.3, 0.4) is 0 Å². The molecular weight excluding hydrogens is 549 g/mol. The maximum atomic E-state index is 13.1. The van der Waals surface area contributed by atoms with Crippen LogP contribution in [-0.2, 0) is 13.7 Å². The van der Waals surface area contributed by atoms with E-state index >= 15 is 0 Å². The van der Waals surface area contributed by atoms with Gasteiger partial charge in [0.1, 0.15) is 29.6 Å². The summed E-state index contributed by atoms with van der Waals surface area (Å²) in [6.07, 6.45) is -3.03. The second kappa shape index (κ2) is 10.3. The van der Waals surface area contributed by atoms with E-state index in [1.807, 2.05) is 54.9 Å². The number of carbonyl (C=O) groups is 1. The minimum absolute atomic E-state index is 0.0519. The van der Waals surface area contributed by atoms with Crippen LogP contribution in [0.15, 0.2) is 65.2 Å². The molecule has 0 aliphatic heterocycles. The average molecular weight is 577 g/mol. The predicted octanol–water partition coefficient (Wildman–Crippen LogP) is 8.17. The first kappa shape index (κ1) is 27.4. The van der Waals surface area contributed by atoms with Crippen molar-refractivity contribution in [2.24, 2.45) is 7.05 Å². The quantitative estimate of drug-likeness (QED) is 0.201. The zero-order valence-electron chi connectivity index (χ0n) is 23.1. The molecule has 0 spiro atoms. The Morgan fingerprint density at radius 1 is 1.07 bits per heavy atom. The highest BCUT2D eigenvalue weighted by molar-refractivity contribution is 6.06. The van der Waals surface area contributed by atoms with Crippen molar-refractivity contribution in [2.45, 2.75) is 45.6 Å². The average Bonchev–Trinajstić information content (AvgIpc) is 3.64. The number of para-hydroxylation sites is 1. The maximum Gasteiger partial charge on any atom is 0.573 e. The van der Waals surface area contributed by atoms with Crippen LogP contribution in [0.2, 0.25) is 0 Å². The van der Waals surface area contributed by atoms with E-state index < -0.39 is 12.3 Å². The summed E-state index contributed by atoms with van der Waals surface area (Å²) in [5.74, 6) is 0.0343. The molecule has 216 valence electrons. The van der Waals surface area contributed by atoms with E-state index in [0.29, 0.717) is 33.7 Å². The highest BCUT2D eigenvalue weighted by Crippen LogP contribution is 2.46. The van der Waals surface area contributed by atoms with Gasteiger partial charge in [-0.3, -0.25) is 0 Å². The number of aromatic carboxylic acids is 1. The molecule has 2 aromatic heterocycles. The molecule has 1 saturated carbocycles. The van der Waals surface area contributed by atoms with Crippen LogP contribution >= 0.6 is 0 Å². The van der Waals surface area contributed by atoms with E-state index in [1.54, 1.807) is 13.0 Å². The van der Waals surface area contributed by atoms with E-state index in [-0.39, 0.29) is 29.5 Å². The molecule has 1 N–H and O–H groups in total. The molecule has 1 fully saturated rings. The normalized spacial score (nSPS) is 13.5. The molecule has 0 bridgehead atoms. The fraction of sp³-hybridized carbons (Fsp3) is 0.250. The highest BCUT2D eigenvalue weighted by atomic mass is 19.4. The van der Waals surface area contributed by atoms with Crippen LogP contribution in [-0.4, -0.2) is 27.2 Å². The minimum atomic E-state index is -4.85. The molecule has 2 heterocycles. The van der Waals surface area contributed by atoms with Crippen LogP contribution in [0, 0.1) is 13.8 Å². The number of carboxylic acid groups (broad SMARTS) is 1. The summed E-state index contributed by atoms with van der Waals surface area (Å²) >= 11 is 0. The van der Waals surface area contributed by atoms with Crippen LogP contribution in [0.25, 0.3) is 33.3 Å². The first-order valence-electron chi connectivity index (χ1n) is 13.4. The summed E-state index contributed by atoms with van der Waals surface area (Å²) in [6, 6.07) is 17.2. The Kier molecular flexibility index (Phi) is 6.71. The molecule has 0 unspecified atom stereocenters. The summed E-state index contributed by atoms with van der Waals surface area (Å²) in [7, 11) is 1.85. The van der Waals surface area contributed by atoms with Crippen molar-refractivity contribution in [3.63, 3.8) is 0 Å². The first-order valence-corrected chi connectivity index (χ1v) is 13.4. The van der Waals surface area contributed by atoms with Crippen molar-refractivity contribution < 1.29 is 37.1 Å². The molecule has 1 aliphatic rings. The van der Waals surface area contributed by atoms with Gasteiger partial charge >= 0.3 is 12.3 Å². The molecule has 0 saturated heterocycles. The number of hydrogen-bond acceptors (Lipinski definition) is 5. The molecule has 3 aromatic carbocycles. The van der Waals surface area contributed by atoms with Crippen molar-refractivity contribution in [1.29, 1.82) is 0 Å². The van der Waals surface area contributed by atoms with Crippen LogP contribution in [0.1, 0.15) is 51.7 Å². The van der Waals surface area contributed by atoms with Crippen LogP contribution in [0.5, 0.6) is 11.5 Å². The third-order valence-corrected chi connectivity index (χ3v) is 7.73. The maximum absolute atomic E-state index is 13.1. The molecule has 0 radical (unpaired) electrons. The topological polar surface area (TPSA) is 86.7 Å². The Labute approximate surface area is 239 Å². The largest absolute Gasteiger partial charge is 0.573 e. The lowest BCUT2D eigenvalue weighted by Gasteiger charge is -2.14. The Morgan fingerprint density at radius 3 is 2.52 bits per heavy atom. The van der Waals surface area contributed by atoms with Gasteiger partial charge in [-0.05, 0) is 73.7 Å². The number of rotatable bonds is 8. The number of ether oxygens (including phenoxy) is 2. The van der Waals surface area contributed by atoms with Crippen molar-refractivity contribution in [1.82, 2.24) is 9.72 Å². The van der Waals surface area contributed by atoms with Gasteiger partial charge in [0.15, 0.2) is 0 Å².